The number of anilines is 1. The molecular weight excluding hydrogens is 370 g/mol. The summed E-state index contributed by atoms with van der Waals surface area (Å²) in [6.45, 7) is -0.657. The molecule has 0 unspecified atom stereocenters. The third kappa shape index (κ3) is 5.81. The highest BCUT2D eigenvalue weighted by Gasteiger charge is 2.12. The first-order valence-electron chi connectivity index (χ1n) is 7.13. The first-order chi connectivity index (χ1) is 12.3. The van der Waals surface area contributed by atoms with Crippen LogP contribution in [0, 0.1) is 21.7 Å². The van der Waals surface area contributed by atoms with Crippen molar-refractivity contribution in [3.63, 3.8) is 0 Å². The molecule has 1 N–H and O–H groups in total. The van der Waals surface area contributed by atoms with Crippen molar-refractivity contribution in [1.29, 1.82) is 0 Å². The van der Waals surface area contributed by atoms with Crippen molar-refractivity contribution in [1.82, 2.24) is 0 Å². The van der Waals surface area contributed by atoms with Crippen LogP contribution in [0.4, 0.5) is 20.2 Å². The average molecular weight is 382 g/mol. The number of amides is 1. The molecule has 0 aliphatic carbocycles. The SMILES string of the molecule is O=C(COC(=O)CSc1ccc([N+](=O)[O-])cc1)Nc1cc(F)ccc1F. The first kappa shape index (κ1) is 19.3. The second-order valence-electron chi connectivity index (χ2n) is 4.87. The van der Waals surface area contributed by atoms with Crippen molar-refractivity contribution in [2.75, 3.05) is 17.7 Å². The van der Waals surface area contributed by atoms with Gasteiger partial charge in [0, 0.05) is 23.1 Å². The number of benzene rings is 2. The van der Waals surface area contributed by atoms with E-state index >= 15 is 0 Å². The maximum Gasteiger partial charge on any atom is 0.316 e. The van der Waals surface area contributed by atoms with Crippen LogP contribution < -0.4 is 5.32 Å². The smallest absolute Gasteiger partial charge is 0.316 e. The second kappa shape index (κ2) is 8.90. The Morgan fingerprint density at radius 3 is 2.50 bits per heavy atom. The molecule has 0 bridgehead atoms. The molecule has 7 nitrogen and oxygen atoms in total. The monoisotopic (exact) mass is 382 g/mol. The van der Waals surface area contributed by atoms with Gasteiger partial charge in [0.2, 0.25) is 0 Å². The Bertz CT molecular complexity index is 830. The van der Waals surface area contributed by atoms with Gasteiger partial charge in [0.15, 0.2) is 6.61 Å². The van der Waals surface area contributed by atoms with Crippen molar-refractivity contribution in [2.24, 2.45) is 0 Å². The van der Waals surface area contributed by atoms with Crippen LogP contribution in [0.1, 0.15) is 0 Å². The van der Waals surface area contributed by atoms with Crippen molar-refractivity contribution in [2.45, 2.75) is 4.90 Å². The lowest BCUT2D eigenvalue weighted by Crippen LogP contribution is -2.22. The molecule has 0 aromatic heterocycles. The van der Waals surface area contributed by atoms with E-state index < -0.39 is 35.0 Å². The number of nitro benzene ring substituents is 1. The van der Waals surface area contributed by atoms with Gasteiger partial charge < -0.3 is 10.1 Å². The molecule has 0 aliphatic rings. The fourth-order valence-electron chi connectivity index (χ4n) is 1.77. The third-order valence-corrected chi connectivity index (χ3v) is 3.96. The Hall–Kier alpha value is -3.01. The van der Waals surface area contributed by atoms with Gasteiger partial charge in [-0.3, -0.25) is 19.7 Å². The fourth-order valence-corrected chi connectivity index (χ4v) is 2.47. The molecule has 26 heavy (non-hydrogen) atoms. The van der Waals surface area contributed by atoms with Crippen LogP contribution in [0.2, 0.25) is 0 Å². The number of nitrogens with one attached hydrogen (secondary N) is 1. The summed E-state index contributed by atoms with van der Waals surface area (Å²) in [7, 11) is 0. The van der Waals surface area contributed by atoms with E-state index in [0.717, 1.165) is 30.0 Å². The van der Waals surface area contributed by atoms with E-state index in [2.05, 4.69) is 5.32 Å². The van der Waals surface area contributed by atoms with Crippen molar-refractivity contribution >= 4 is 35.0 Å². The van der Waals surface area contributed by atoms with Gasteiger partial charge in [0.05, 0.1) is 16.4 Å². The average Bonchev–Trinajstić information content (AvgIpc) is 2.61. The number of hydrogen-bond donors (Lipinski definition) is 1. The highest BCUT2D eigenvalue weighted by molar-refractivity contribution is 8.00. The molecule has 2 aromatic carbocycles. The highest BCUT2D eigenvalue weighted by Crippen LogP contribution is 2.21. The Kier molecular flexibility index (Phi) is 6.61. The summed E-state index contributed by atoms with van der Waals surface area (Å²) >= 11 is 1.07. The minimum Gasteiger partial charge on any atom is -0.455 e. The van der Waals surface area contributed by atoms with Gasteiger partial charge in [-0.25, -0.2) is 8.78 Å². The lowest BCUT2D eigenvalue weighted by molar-refractivity contribution is -0.384. The molecule has 2 aromatic rings. The number of nitrogens with zero attached hydrogens (tertiary/aromatic N) is 1. The summed E-state index contributed by atoms with van der Waals surface area (Å²) in [5.74, 6) is -3.19. The molecule has 0 aliphatic heterocycles. The van der Waals surface area contributed by atoms with E-state index in [1.165, 1.54) is 24.3 Å². The second-order valence-corrected chi connectivity index (χ2v) is 5.92. The van der Waals surface area contributed by atoms with Gasteiger partial charge in [0.1, 0.15) is 11.6 Å². The molecular formula is C16H12F2N2O5S. The number of non-ortho nitro benzene ring substituents is 1. The van der Waals surface area contributed by atoms with Gasteiger partial charge in [-0.1, -0.05) is 0 Å². The van der Waals surface area contributed by atoms with Gasteiger partial charge in [-0.2, -0.15) is 0 Å². The van der Waals surface area contributed by atoms with Crippen molar-refractivity contribution < 1.29 is 28.0 Å². The zero-order valence-electron chi connectivity index (χ0n) is 13.1. The van der Waals surface area contributed by atoms with E-state index in [0.29, 0.717) is 4.90 Å². The van der Waals surface area contributed by atoms with Gasteiger partial charge in [-0.15, -0.1) is 11.8 Å². The Morgan fingerprint density at radius 2 is 1.85 bits per heavy atom. The third-order valence-electron chi connectivity index (χ3n) is 2.97. The molecule has 136 valence electrons. The molecule has 10 heteroatoms. The van der Waals surface area contributed by atoms with Crippen molar-refractivity contribution in [3.8, 4) is 0 Å². The van der Waals surface area contributed by atoms with Crippen LogP contribution in [0.25, 0.3) is 0 Å². The quantitative estimate of drug-likeness (QED) is 0.342. The molecule has 1 amide bonds. The largest absolute Gasteiger partial charge is 0.455 e. The first-order valence-corrected chi connectivity index (χ1v) is 8.11. The van der Waals surface area contributed by atoms with Gasteiger partial charge >= 0.3 is 5.97 Å². The van der Waals surface area contributed by atoms with E-state index in [4.69, 9.17) is 4.74 Å². The summed E-state index contributed by atoms with van der Waals surface area (Å²) < 4.78 is 31.1. The van der Waals surface area contributed by atoms with Gasteiger partial charge in [0.25, 0.3) is 11.6 Å². The zero-order chi connectivity index (χ0) is 19.1. The van der Waals surface area contributed by atoms with E-state index in [1.807, 2.05) is 0 Å². The molecule has 0 spiro atoms. The number of thioether (sulfide) groups is 1. The molecule has 0 saturated carbocycles. The molecule has 0 radical (unpaired) electrons. The standard InChI is InChI=1S/C16H12F2N2O5S/c17-10-1-6-13(18)14(7-10)19-15(21)8-25-16(22)9-26-12-4-2-11(3-5-12)20(23)24/h1-7H,8-9H2,(H,19,21). The predicted octanol–water partition coefficient (Wildman–Crippen LogP) is 3.15. The number of hydrogen-bond acceptors (Lipinski definition) is 6. The topological polar surface area (TPSA) is 98.5 Å². The van der Waals surface area contributed by atoms with Crippen LogP contribution in [0.3, 0.4) is 0 Å². The maximum atomic E-state index is 13.4. The summed E-state index contributed by atoms with van der Waals surface area (Å²) in [5, 5.41) is 12.6. The number of carbonyl (C=O) groups is 2. The molecule has 2 rings (SSSR count). The number of ether oxygens (including phenoxy) is 1. The number of esters is 1. The Balaban J connectivity index is 1.76. The minimum atomic E-state index is -0.820. The summed E-state index contributed by atoms with van der Waals surface area (Å²) in [6, 6.07) is 8.13. The summed E-state index contributed by atoms with van der Waals surface area (Å²) in [5.41, 5.74) is -0.426. The Labute approximate surface area is 150 Å². The molecule has 0 atom stereocenters. The Morgan fingerprint density at radius 1 is 1.15 bits per heavy atom. The lowest BCUT2D eigenvalue weighted by Gasteiger charge is -2.07. The highest BCUT2D eigenvalue weighted by atomic mass is 32.2. The van der Waals surface area contributed by atoms with Crippen LogP contribution in [-0.4, -0.2) is 29.2 Å². The summed E-state index contributed by atoms with van der Waals surface area (Å²) in [6.07, 6.45) is 0. The van der Waals surface area contributed by atoms with E-state index in [9.17, 15) is 28.5 Å². The van der Waals surface area contributed by atoms with E-state index in [1.54, 1.807) is 0 Å². The zero-order valence-corrected chi connectivity index (χ0v) is 13.9. The fraction of sp³-hybridized carbons (Fsp3) is 0.125. The van der Waals surface area contributed by atoms with E-state index in [-0.39, 0.29) is 17.1 Å². The predicted molar refractivity (Wildman–Crippen MR) is 89.8 cm³/mol. The number of rotatable bonds is 7. The lowest BCUT2D eigenvalue weighted by atomic mass is 10.3. The van der Waals surface area contributed by atoms with Crippen LogP contribution >= 0.6 is 11.8 Å². The molecule has 0 heterocycles. The molecule has 0 fully saturated rings. The van der Waals surface area contributed by atoms with Crippen LogP contribution in [-0.2, 0) is 14.3 Å². The number of carbonyl (C=O) groups excluding carboxylic acids is 2. The van der Waals surface area contributed by atoms with Crippen molar-refractivity contribution in [3.05, 3.63) is 64.2 Å². The minimum absolute atomic E-state index is 0.0711. The maximum absolute atomic E-state index is 13.4. The number of halogens is 2. The van der Waals surface area contributed by atoms with Crippen LogP contribution in [0.15, 0.2) is 47.4 Å². The van der Waals surface area contributed by atoms with Gasteiger partial charge in [-0.05, 0) is 24.3 Å². The normalized spacial score (nSPS) is 10.2. The summed E-state index contributed by atoms with van der Waals surface area (Å²) in [4.78, 5) is 33.8. The number of nitro groups is 1. The van der Waals surface area contributed by atoms with Crippen LogP contribution in [0.5, 0.6) is 0 Å². The molecule has 0 saturated heterocycles.